The summed E-state index contributed by atoms with van der Waals surface area (Å²) in [7, 11) is -3.53. The fourth-order valence-corrected chi connectivity index (χ4v) is 6.40. The van der Waals surface area contributed by atoms with Crippen molar-refractivity contribution in [2.45, 2.75) is 32.1 Å². The zero-order chi connectivity index (χ0) is 33.6. The first-order valence-electron chi connectivity index (χ1n) is 13.9. The lowest BCUT2D eigenvalue weighted by atomic mass is 10.0. The van der Waals surface area contributed by atoms with Gasteiger partial charge < -0.3 is 25.9 Å². The van der Waals surface area contributed by atoms with Crippen LogP contribution in [0.1, 0.15) is 54.6 Å². The third kappa shape index (κ3) is 6.98. The Morgan fingerprint density at radius 2 is 1.52 bits per heavy atom. The number of alkyl halides is 1. The molecule has 0 aliphatic carbocycles. The second-order valence-corrected chi connectivity index (χ2v) is 12.6. The van der Waals surface area contributed by atoms with Crippen LogP contribution in [0.5, 0.6) is 0 Å². The van der Waals surface area contributed by atoms with Crippen molar-refractivity contribution < 1.29 is 27.6 Å². The number of hydrogen-bond acceptors (Lipinski definition) is 7. The van der Waals surface area contributed by atoms with Gasteiger partial charge in [-0.25, -0.2) is 8.42 Å². The third-order valence-electron chi connectivity index (χ3n) is 7.29. The minimum absolute atomic E-state index is 0.0339. The van der Waals surface area contributed by atoms with Crippen molar-refractivity contribution in [1.82, 2.24) is 20.0 Å². The lowest BCUT2D eigenvalue weighted by molar-refractivity contribution is -0.106. The summed E-state index contributed by atoms with van der Waals surface area (Å²) in [4.78, 5) is 56.2. The van der Waals surface area contributed by atoms with E-state index >= 15 is 0 Å². The van der Waals surface area contributed by atoms with Gasteiger partial charge >= 0.3 is 0 Å². The molecule has 0 spiro atoms. The number of nitrogens with zero attached hydrogens (tertiary/aromatic N) is 2. The highest BCUT2D eigenvalue weighted by atomic mass is 35.5. The maximum absolute atomic E-state index is 13.5. The van der Waals surface area contributed by atoms with Gasteiger partial charge in [-0.2, -0.15) is 5.26 Å². The zero-order valence-corrected chi connectivity index (χ0v) is 26.6. The molecule has 6 N–H and O–H groups in total. The van der Waals surface area contributed by atoms with Crippen molar-refractivity contribution in [3.05, 3.63) is 76.6 Å². The smallest absolute Gasteiger partial charge is 0.274 e. The number of hydrogen-bond donors (Lipinski definition) is 6. The Balaban J connectivity index is 1.53. The molecule has 240 valence electrons. The minimum atomic E-state index is -3.53. The lowest BCUT2D eigenvalue weighted by Gasteiger charge is -2.10. The molecule has 0 bridgehead atoms. The monoisotopic (exact) mass is 666 g/mol. The van der Waals surface area contributed by atoms with Gasteiger partial charge in [0.25, 0.3) is 17.7 Å². The molecule has 0 aliphatic heterocycles. The van der Waals surface area contributed by atoms with E-state index in [1.54, 1.807) is 39.1 Å². The molecule has 3 heterocycles. The molecule has 0 aliphatic rings. The van der Waals surface area contributed by atoms with Gasteiger partial charge in [0.1, 0.15) is 17.1 Å². The normalized spacial score (nSPS) is 11.0. The summed E-state index contributed by atoms with van der Waals surface area (Å²) >= 11 is 5.62. The highest BCUT2D eigenvalue weighted by Gasteiger charge is 2.24. The number of nitriles is 1. The van der Waals surface area contributed by atoms with Crippen molar-refractivity contribution in [2.75, 3.05) is 34.2 Å². The average Bonchev–Trinajstić information content (AvgIpc) is 3.67. The molecule has 0 saturated heterocycles. The van der Waals surface area contributed by atoms with Crippen molar-refractivity contribution in [1.29, 1.82) is 5.26 Å². The fraction of sp³-hybridized carbons (Fsp3) is 0.233. The van der Waals surface area contributed by atoms with Crippen LogP contribution in [0, 0.1) is 32.1 Å². The van der Waals surface area contributed by atoms with Crippen molar-refractivity contribution in [3.63, 3.8) is 0 Å². The summed E-state index contributed by atoms with van der Waals surface area (Å²) in [6, 6.07) is 8.07. The van der Waals surface area contributed by atoms with E-state index in [2.05, 4.69) is 31.3 Å². The number of halogens is 1. The summed E-state index contributed by atoms with van der Waals surface area (Å²) in [6.45, 7) is 5.18. The summed E-state index contributed by atoms with van der Waals surface area (Å²) in [5, 5.41) is 16.8. The summed E-state index contributed by atoms with van der Waals surface area (Å²) in [6.07, 6.45) is 5.06. The van der Waals surface area contributed by atoms with E-state index in [9.17, 15) is 27.6 Å². The first-order valence-corrected chi connectivity index (χ1v) is 16.1. The molecule has 0 fully saturated rings. The van der Waals surface area contributed by atoms with Gasteiger partial charge in [0.2, 0.25) is 6.41 Å². The van der Waals surface area contributed by atoms with Crippen LogP contribution in [0.25, 0.3) is 11.1 Å². The molecule has 3 aromatic heterocycles. The number of aromatic nitrogens is 3. The van der Waals surface area contributed by atoms with Gasteiger partial charge in [0.15, 0.2) is 9.84 Å². The van der Waals surface area contributed by atoms with Gasteiger partial charge in [-0.05, 0) is 44.0 Å². The molecule has 0 saturated carbocycles. The number of rotatable bonds is 13. The molecular weight excluding hydrogens is 636 g/mol. The van der Waals surface area contributed by atoms with E-state index in [1.165, 1.54) is 29.2 Å². The number of sulfone groups is 1. The quantitative estimate of drug-likeness (QED) is 0.0708. The van der Waals surface area contributed by atoms with E-state index < -0.39 is 27.6 Å². The number of H-pyrrole nitrogens is 2. The Hall–Kier alpha value is -5.33. The predicted octanol–water partition coefficient (Wildman–Crippen LogP) is 3.60. The number of anilines is 2. The van der Waals surface area contributed by atoms with E-state index in [0.29, 0.717) is 45.6 Å². The first-order chi connectivity index (χ1) is 21.9. The maximum Gasteiger partial charge on any atom is 0.274 e. The average molecular weight is 667 g/mol. The van der Waals surface area contributed by atoms with Crippen LogP contribution in [-0.2, 0) is 14.6 Å². The van der Waals surface area contributed by atoms with Gasteiger partial charge in [-0.3, -0.25) is 29.3 Å². The van der Waals surface area contributed by atoms with Gasteiger partial charge in [0.05, 0.1) is 34.5 Å². The molecule has 4 rings (SSSR count). The molecular formula is C30H31ClN8O6S. The second kappa shape index (κ2) is 14.2. The van der Waals surface area contributed by atoms with Crippen LogP contribution in [0.3, 0.4) is 0 Å². The fourth-order valence-electron chi connectivity index (χ4n) is 4.80. The minimum Gasteiger partial charge on any atom is -0.355 e. The van der Waals surface area contributed by atoms with Gasteiger partial charge in [-0.15, -0.1) is 11.6 Å². The topological polar surface area (TPSA) is 211 Å². The standard InChI is InChI=1S/C30H31ClN8O6S/c1-17-22(20-5-7-21(8-6-20)46(44,45)12-9-31)15-39(36-16-40)27(17)30(43)38-24-14-35-26(19(24)3)29(42)37-23-13-34-25(18(23)2)28(41)33-11-4-10-32/h5-8,13-16,34-35H,4,9,11-12H2,1-3H3,(H,33,41)(H,36,40)(H,37,42)(H,38,43). The molecule has 4 aromatic rings. The highest BCUT2D eigenvalue weighted by Crippen LogP contribution is 2.30. The second-order valence-electron chi connectivity index (χ2n) is 10.1. The maximum atomic E-state index is 13.5. The molecule has 16 heteroatoms. The number of carbonyl (C=O) groups excluding carboxylic acids is 4. The van der Waals surface area contributed by atoms with Crippen LogP contribution in [0.15, 0.2) is 47.8 Å². The van der Waals surface area contributed by atoms with Crippen LogP contribution < -0.4 is 21.4 Å². The Labute approximate surface area is 269 Å². The Morgan fingerprint density at radius 3 is 2.09 bits per heavy atom. The predicted molar refractivity (Wildman–Crippen MR) is 172 cm³/mol. The Morgan fingerprint density at radius 1 is 0.935 bits per heavy atom. The molecule has 14 nitrogen and oxygen atoms in total. The number of benzene rings is 1. The van der Waals surface area contributed by atoms with Gasteiger partial charge in [-0.1, -0.05) is 12.1 Å². The molecule has 0 unspecified atom stereocenters. The molecule has 1 aromatic carbocycles. The summed E-state index contributed by atoms with van der Waals surface area (Å²) in [5.41, 5.74) is 6.30. The number of nitrogens with one attached hydrogen (secondary N) is 6. The number of aromatic amines is 2. The van der Waals surface area contributed by atoms with Crippen LogP contribution in [0.4, 0.5) is 11.4 Å². The highest BCUT2D eigenvalue weighted by molar-refractivity contribution is 7.91. The molecule has 4 amide bonds. The molecule has 46 heavy (non-hydrogen) atoms. The van der Waals surface area contributed by atoms with Gasteiger partial charge in [0, 0.05) is 47.7 Å². The largest absolute Gasteiger partial charge is 0.355 e. The van der Waals surface area contributed by atoms with E-state index in [1.807, 2.05) is 6.07 Å². The number of carbonyl (C=O) groups is 4. The van der Waals surface area contributed by atoms with Crippen LogP contribution in [-0.4, -0.2) is 65.4 Å². The Bertz CT molecular complexity index is 1950. The zero-order valence-electron chi connectivity index (χ0n) is 25.1. The van der Waals surface area contributed by atoms with Crippen molar-refractivity contribution in [2.24, 2.45) is 0 Å². The van der Waals surface area contributed by atoms with Crippen LogP contribution >= 0.6 is 11.6 Å². The van der Waals surface area contributed by atoms with E-state index in [-0.39, 0.29) is 46.6 Å². The summed E-state index contributed by atoms with van der Waals surface area (Å²) in [5.74, 6) is -1.74. The van der Waals surface area contributed by atoms with Crippen molar-refractivity contribution >= 4 is 56.9 Å². The Kier molecular flexibility index (Phi) is 10.3. The molecule has 0 atom stereocenters. The van der Waals surface area contributed by atoms with Crippen molar-refractivity contribution in [3.8, 4) is 17.2 Å². The van der Waals surface area contributed by atoms with E-state index in [0.717, 1.165) is 0 Å². The number of amides is 4. The SMILES string of the molecule is Cc1c(NC(=O)c2[nH]cc(NC(=O)c3c(C)c(-c4ccc(S(=O)(=O)CCCl)cc4)cn3NC=O)c2C)c[nH]c1C(=O)NCCC#N. The van der Waals surface area contributed by atoms with E-state index in [4.69, 9.17) is 16.9 Å². The lowest BCUT2D eigenvalue weighted by Crippen LogP contribution is -2.25. The third-order valence-corrected chi connectivity index (χ3v) is 9.43. The van der Waals surface area contributed by atoms with Crippen LogP contribution in [0.2, 0.25) is 0 Å². The first kappa shape index (κ1) is 33.6. The summed E-state index contributed by atoms with van der Waals surface area (Å²) < 4.78 is 26.0. The molecule has 0 radical (unpaired) electrons.